The Balaban J connectivity index is 1.39. The number of rotatable bonds is 5. The van der Waals surface area contributed by atoms with E-state index in [1.807, 2.05) is 23.9 Å². The van der Waals surface area contributed by atoms with Crippen molar-refractivity contribution in [3.8, 4) is 0 Å². The maximum Gasteiger partial charge on any atom is 0.338 e. The number of carbonyl (C=O) groups is 2. The summed E-state index contributed by atoms with van der Waals surface area (Å²) in [5, 5.41) is 3.63. The van der Waals surface area contributed by atoms with Crippen LogP contribution in [0.5, 0.6) is 0 Å². The number of carbonyl (C=O) groups excluding carboxylic acids is 2. The number of anilines is 1. The summed E-state index contributed by atoms with van der Waals surface area (Å²) in [6.07, 6.45) is 1.89. The standard InChI is InChI=1S/C23H26N4O5S/c1-3-32-22(28)18-5-4-6-19(15-18)24-23(29)26-11-13-27(14-12-26)33(30,31)20-7-8-21-17(16-20)9-10-25(21)2/h4-10,15-16H,3,11-14H2,1-2H3,(H,24,29). The lowest BCUT2D eigenvalue weighted by Crippen LogP contribution is -2.51. The van der Waals surface area contributed by atoms with E-state index in [4.69, 9.17) is 4.74 Å². The van der Waals surface area contributed by atoms with Gasteiger partial charge >= 0.3 is 12.0 Å². The molecular weight excluding hydrogens is 444 g/mol. The van der Waals surface area contributed by atoms with Gasteiger partial charge in [0.2, 0.25) is 10.0 Å². The molecule has 1 fully saturated rings. The summed E-state index contributed by atoms with van der Waals surface area (Å²) in [5.41, 5.74) is 1.78. The summed E-state index contributed by atoms with van der Waals surface area (Å²) in [7, 11) is -1.75. The normalized spacial score (nSPS) is 14.9. The number of aromatic nitrogens is 1. The molecule has 9 nitrogen and oxygen atoms in total. The van der Waals surface area contributed by atoms with Crippen molar-refractivity contribution in [2.75, 3.05) is 38.1 Å². The van der Waals surface area contributed by atoms with Gasteiger partial charge in [-0.05, 0) is 49.4 Å². The van der Waals surface area contributed by atoms with E-state index in [0.29, 0.717) is 11.3 Å². The predicted molar refractivity (Wildman–Crippen MR) is 125 cm³/mol. The van der Waals surface area contributed by atoms with E-state index in [0.717, 1.165) is 10.9 Å². The second-order valence-electron chi connectivity index (χ2n) is 7.77. The van der Waals surface area contributed by atoms with Gasteiger partial charge in [-0.1, -0.05) is 6.07 Å². The van der Waals surface area contributed by atoms with Crippen molar-refractivity contribution in [2.45, 2.75) is 11.8 Å². The van der Waals surface area contributed by atoms with Crippen LogP contribution in [0.3, 0.4) is 0 Å². The molecule has 3 aromatic rings. The Bertz CT molecular complexity index is 1290. The Morgan fingerprint density at radius 3 is 2.52 bits per heavy atom. The number of nitrogens with zero attached hydrogens (tertiary/aromatic N) is 3. The van der Waals surface area contributed by atoms with E-state index < -0.39 is 16.0 Å². The highest BCUT2D eigenvalue weighted by molar-refractivity contribution is 7.89. The van der Waals surface area contributed by atoms with Crippen LogP contribution in [-0.4, -0.2) is 67.0 Å². The van der Waals surface area contributed by atoms with Crippen LogP contribution >= 0.6 is 0 Å². The third kappa shape index (κ3) is 4.71. The monoisotopic (exact) mass is 470 g/mol. The number of amides is 2. The van der Waals surface area contributed by atoms with E-state index in [1.165, 1.54) is 4.31 Å². The van der Waals surface area contributed by atoms with E-state index in [-0.39, 0.29) is 43.7 Å². The van der Waals surface area contributed by atoms with Gasteiger partial charge in [0.05, 0.1) is 17.1 Å². The second kappa shape index (κ2) is 9.24. The number of hydrogen-bond donors (Lipinski definition) is 1. The molecule has 1 aliphatic heterocycles. The minimum Gasteiger partial charge on any atom is -0.462 e. The van der Waals surface area contributed by atoms with Crippen molar-refractivity contribution in [2.24, 2.45) is 7.05 Å². The average Bonchev–Trinajstić information content (AvgIpc) is 3.19. The van der Waals surface area contributed by atoms with Crippen LogP contribution in [0.4, 0.5) is 10.5 Å². The maximum atomic E-state index is 13.1. The fourth-order valence-electron chi connectivity index (χ4n) is 3.84. The topological polar surface area (TPSA) is 101 Å². The number of piperazine rings is 1. The van der Waals surface area contributed by atoms with Crippen LogP contribution in [-0.2, 0) is 21.8 Å². The molecule has 0 radical (unpaired) electrons. The fourth-order valence-corrected chi connectivity index (χ4v) is 5.30. The Morgan fingerprint density at radius 2 is 1.79 bits per heavy atom. The van der Waals surface area contributed by atoms with Gasteiger partial charge in [-0.3, -0.25) is 0 Å². The molecule has 10 heteroatoms. The van der Waals surface area contributed by atoms with E-state index >= 15 is 0 Å². The zero-order valence-electron chi connectivity index (χ0n) is 18.5. The number of ether oxygens (including phenoxy) is 1. The quantitative estimate of drug-likeness (QED) is 0.578. The van der Waals surface area contributed by atoms with Crippen LogP contribution in [0.25, 0.3) is 10.9 Å². The van der Waals surface area contributed by atoms with E-state index in [1.54, 1.807) is 54.3 Å². The number of hydrogen-bond acceptors (Lipinski definition) is 5. The Labute approximate surface area is 192 Å². The predicted octanol–water partition coefficient (Wildman–Crippen LogP) is 2.89. The van der Waals surface area contributed by atoms with Crippen LogP contribution < -0.4 is 5.32 Å². The molecule has 1 saturated heterocycles. The molecule has 4 rings (SSSR count). The van der Waals surface area contributed by atoms with Gasteiger partial charge in [0, 0.05) is 56.0 Å². The second-order valence-corrected chi connectivity index (χ2v) is 9.71. The molecule has 1 N–H and O–H groups in total. The number of aryl methyl sites for hydroxylation is 1. The van der Waals surface area contributed by atoms with E-state index in [9.17, 15) is 18.0 Å². The minimum atomic E-state index is -3.66. The summed E-state index contributed by atoms with van der Waals surface area (Å²) in [5.74, 6) is -0.457. The zero-order valence-corrected chi connectivity index (χ0v) is 19.3. The molecule has 1 aliphatic rings. The number of benzene rings is 2. The first-order valence-electron chi connectivity index (χ1n) is 10.7. The molecule has 2 aromatic carbocycles. The molecule has 0 saturated carbocycles. The van der Waals surface area contributed by atoms with Gasteiger partial charge in [-0.15, -0.1) is 0 Å². The first kappa shape index (κ1) is 22.8. The summed E-state index contributed by atoms with van der Waals surface area (Å²) in [6.45, 7) is 2.91. The van der Waals surface area contributed by atoms with Crippen LogP contribution in [0.1, 0.15) is 17.3 Å². The lowest BCUT2D eigenvalue weighted by Gasteiger charge is -2.34. The third-order valence-electron chi connectivity index (χ3n) is 5.65. The smallest absolute Gasteiger partial charge is 0.338 e. The molecule has 0 aliphatic carbocycles. The summed E-state index contributed by atoms with van der Waals surface area (Å²) < 4.78 is 34.6. The molecule has 2 heterocycles. The lowest BCUT2D eigenvalue weighted by molar-refractivity contribution is 0.0526. The molecule has 1 aromatic heterocycles. The highest BCUT2D eigenvalue weighted by atomic mass is 32.2. The van der Waals surface area contributed by atoms with Gasteiger partial charge < -0.3 is 19.5 Å². The lowest BCUT2D eigenvalue weighted by atomic mass is 10.2. The first-order valence-corrected chi connectivity index (χ1v) is 12.1. The molecule has 0 spiro atoms. The maximum absolute atomic E-state index is 13.1. The van der Waals surface area contributed by atoms with Gasteiger partial charge in [0.15, 0.2) is 0 Å². The van der Waals surface area contributed by atoms with Crippen molar-refractivity contribution in [3.05, 3.63) is 60.3 Å². The molecular formula is C23H26N4O5S. The minimum absolute atomic E-state index is 0.200. The number of esters is 1. The SMILES string of the molecule is CCOC(=O)c1cccc(NC(=O)N2CCN(S(=O)(=O)c3ccc4c(ccn4C)c3)CC2)c1. The molecule has 2 amide bonds. The average molecular weight is 471 g/mol. The highest BCUT2D eigenvalue weighted by Crippen LogP contribution is 2.23. The fraction of sp³-hybridized carbons (Fsp3) is 0.304. The Kier molecular flexibility index (Phi) is 6.39. The molecule has 174 valence electrons. The molecule has 0 bridgehead atoms. The van der Waals surface area contributed by atoms with Gasteiger partial charge in [-0.25, -0.2) is 18.0 Å². The molecule has 0 unspecified atom stereocenters. The van der Waals surface area contributed by atoms with Gasteiger partial charge in [0.1, 0.15) is 0 Å². The van der Waals surface area contributed by atoms with Gasteiger partial charge in [-0.2, -0.15) is 4.31 Å². The molecule has 33 heavy (non-hydrogen) atoms. The van der Waals surface area contributed by atoms with Crippen molar-refractivity contribution in [3.63, 3.8) is 0 Å². The van der Waals surface area contributed by atoms with Crippen molar-refractivity contribution >= 4 is 38.6 Å². The van der Waals surface area contributed by atoms with Crippen LogP contribution in [0.2, 0.25) is 0 Å². The van der Waals surface area contributed by atoms with Gasteiger partial charge in [0.25, 0.3) is 0 Å². The number of sulfonamides is 1. The van der Waals surface area contributed by atoms with Crippen LogP contribution in [0, 0.1) is 0 Å². The highest BCUT2D eigenvalue weighted by Gasteiger charge is 2.30. The summed E-state index contributed by atoms with van der Waals surface area (Å²) in [6, 6.07) is 13.1. The summed E-state index contributed by atoms with van der Waals surface area (Å²) >= 11 is 0. The Hall–Kier alpha value is -3.37. The number of nitrogens with one attached hydrogen (secondary N) is 1. The van der Waals surface area contributed by atoms with Crippen molar-refractivity contribution in [1.29, 1.82) is 0 Å². The Morgan fingerprint density at radius 1 is 1.03 bits per heavy atom. The largest absolute Gasteiger partial charge is 0.462 e. The third-order valence-corrected chi connectivity index (χ3v) is 7.54. The van der Waals surface area contributed by atoms with Crippen LogP contribution in [0.15, 0.2) is 59.6 Å². The summed E-state index contributed by atoms with van der Waals surface area (Å²) in [4.78, 5) is 26.4. The number of fused-ring (bicyclic) bond motifs is 1. The zero-order chi connectivity index (χ0) is 23.6. The number of urea groups is 1. The van der Waals surface area contributed by atoms with Crippen molar-refractivity contribution < 1.29 is 22.7 Å². The van der Waals surface area contributed by atoms with Crippen molar-refractivity contribution in [1.82, 2.24) is 13.8 Å². The van der Waals surface area contributed by atoms with E-state index in [2.05, 4.69) is 5.32 Å². The molecule has 0 atom stereocenters. The first-order chi connectivity index (χ1) is 15.8.